The second kappa shape index (κ2) is 4.77. The molecule has 0 radical (unpaired) electrons. The van der Waals surface area contributed by atoms with Crippen molar-refractivity contribution in [3.63, 3.8) is 0 Å². The van der Waals surface area contributed by atoms with E-state index in [0.29, 0.717) is 7.62 Å². The van der Waals surface area contributed by atoms with E-state index >= 15 is 0 Å². The first-order valence-corrected chi connectivity index (χ1v) is 4.29. The zero-order valence-corrected chi connectivity index (χ0v) is 8.35. The third kappa shape index (κ3) is 2.66. The minimum Gasteiger partial charge on any atom is -0.422 e. The molecule has 0 aliphatic rings. The Morgan fingerprint density at radius 2 is 2.08 bits per heavy atom. The van der Waals surface area contributed by atoms with E-state index in [2.05, 4.69) is 29.6 Å². The smallest absolute Gasteiger partial charge is 0.393 e. The van der Waals surface area contributed by atoms with Crippen molar-refractivity contribution in [1.29, 1.82) is 0 Å². The summed E-state index contributed by atoms with van der Waals surface area (Å²) in [7, 11) is 4.10. The SMILES string of the molecule is CNc1ccc(C)cc1NBOC. The molecule has 0 aliphatic carbocycles. The zero-order valence-electron chi connectivity index (χ0n) is 8.35. The van der Waals surface area contributed by atoms with Gasteiger partial charge in [-0.15, -0.1) is 0 Å². The van der Waals surface area contributed by atoms with Gasteiger partial charge in [0.2, 0.25) is 0 Å². The molecule has 1 rings (SSSR count). The van der Waals surface area contributed by atoms with Crippen LogP contribution in [0.15, 0.2) is 18.2 Å². The van der Waals surface area contributed by atoms with Gasteiger partial charge in [0, 0.05) is 19.8 Å². The largest absolute Gasteiger partial charge is 0.422 e. The third-order valence-corrected chi connectivity index (χ3v) is 1.85. The van der Waals surface area contributed by atoms with E-state index in [1.807, 2.05) is 13.1 Å². The van der Waals surface area contributed by atoms with Crippen LogP contribution >= 0.6 is 0 Å². The molecule has 0 aliphatic heterocycles. The van der Waals surface area contributed by atoms with Crippen molar-refractivity contribution in [1.82, 2.24) is 0 Å². The highest BCUT2D eigenvalue weighted by Crippen LogP contribution is 2.21. The monoisotopic (exact) mass is 178 g/mol. The van der Waals surface area contributed by atoms with Crippen LogP contribution in [0.1, 0.15) is 5.56 Å². The van der Waals surface area contributed by atoms with Crippen LogP contribution in [0.25, 0.3) is 0 Å². The lowest BCUT2D eigenvalue weighted by molar-refractivity contribution is 0.446. The van der Waals surface area contributed by atoms with E-state index in [0.717, 1.165) is 11.4 Å². The van der Waals surface area contributed by atoms with Crippen molar-refractivity contribution in [2.75, 3.05) is 24.7 Å². The average Bonchev–Trinajstić information content (AvgIpc) is 2.15. The van der Waals surface area contributed by atoms with Crippen molar-refractivity contribution in [2.24, 2.45) is 0 Å². The van der Waals surface area contributed by atoms with Crippen LogP contribution < -0.4 is 10.5 Å². The molecule has 0 amide bonds. The number of benzene rings is 1. The highest BCUT2D eigenvalue weighted by Gasteiger charge is 2.00. The summed E-state index contributed by atoms with van der Waals surface area (Å²) < 4.78 is 4.95. The average molecular weight is 178 g/mol. The number of aryl methyl sites for hydroxylation is 1. The fourth-order valence-corrected chi connectivity index (χ4v) is 1.17. The molecular formula is C9H15BN2O. The van der Waals surface area contributed by atoms with Crippen LogP contribution in [0.3, 0.4) is 0 Å². The minimum atomic E-state index is 0.526. The predicted molar refractivity (Wildman–Crippen MR) is 58.5 cm³/mol. The Balaban J connectivity index is 2.81. The molecule has 13 heavy (non-hydrogen) atoms. The van der Waals surface area contributed by atoms with Crippen molar-refractivity contribution >= 4 is 19.0 Å². The van der Waals surface area contributed by atoms with Gasteiger partial charge in [0.15, 0.2) is 0 Å². The quantitative estimate of drug-likeness (QED) is 0.683. The molecule has 0 fully saturated rings. The fraction of sp³-hybridized carbons (Fsp3) is 0.333. The summed E-state index contributed by atoms with van der Waals surface area (Å²) in [6.45, 7) is 2.07. The molecule has 0 heterocycles. The first kappa shape index (κ1) is 9.93. The van der Waals surface area contributed by atoms with Crippen LogP contribution in [0, 0.1) is 6.92 Å². The maximum atomic E-state index is 4.95. The summed E-state index contributed by atoms with van der Waals surface area (Å²) in [5.41, 5.74) is 3.39. The molecule has 1 aromatic carbocycles. The Morgan fingerprint density at radius 1 is 1.31 bits per heavy atom. The van der Waals surface area contributed by atoms with Crippen LogP contribution in [0.5, 0.6) is 0 Å². The van der Waals surface area contributed by atoms with Gasteiger partial charge in [0.05, 0.1) is 5.69 Å². The van der Waals surface area contributed by atoms with Crippen molar-refractivity contribution in [3.05, 3.63) is 23.8 Å². The van der Waals surface area contributed by atoms with Gasteiger partial charge in [-0.1, -0.05) is 6.07 Å². The highest BCUT2D eigenvalue weighted by molar-refractivity contribution is 6.33. The molecule has 70 valence electrons. The topological polar surface area (TPSA) is 33.3 Å². The van der Waals surface area contributed by atoms with Gasteiger partial charge in [0.25, 0.3) is 0 Å². The lowest BCUT2D eigenvalue weighted by Crippen LogP contribution is -2.09. The molecule has 1 aromatic rings. The van der Waals surface area contributed by atoms with Crippen LogP contribution in [-0.2, 0) is 4.65 Å². The van der Waals surface area contributed by atoms with Gasteiger partial charge in [-0.2, -0.15) is 0 Å². The lowest BCUT2D eigenvalue weighted by atomic mass is 10.1. The van der Waals surface area contributed by atoms with Gasteiger partial charge in [-0.05, 0) is 24.6 Å². The summed E-state index contributed by atoms with van der Waals surface area (Å²) in [6, 6.07) is 6.21. The second-order valence-electron chi connectivity index (χ2n) is 2.91. The maximum absolute atomic E-state index is 4.95. The first-order valence-electron chi connectivity index (χ1n) is 4.29. The normalized spacial score (nSPS) is 9.46. The molecule has 0 bridgehead atoms. The molecular weight excluding hydrogens is 163 g/mol. The fourth-order valence-electron chi connectivity index (χ4n) is 1.17. The van der Waals surface area contributed by atoms with Gasteiger partial charge >= 0.3 is 7.62 Å². The van der Waals surface area contributed by atoms with E-state index in [-0.39, 0.29) is 0 Å². The number of nitrogens with one attached hydrogen (secondary N) is 2. The van der Waals surface area contributed by atoms with Gasteiger partial charge < -0.3 is 15.2 Å². The van der Waals surface area contributed by atoms with E-state index in [4.69, 9.17) is 4.65 Å². The molecule has 0 aromatic heterocycles. The van der Waals surface area contributed by atoms with Gasteiger partial charge in [-0.25, -0.2) is 0 Å². The molecule has 0 saturated carbocycles. The van der Waals surface area contributed by atoms with E-state index < -0.39 is 0 Å². The zero-order chi connectivity index (χ0) is 9.68. The van der Waals surface area contributed by atoms with Gasteiger partial charge in [-0.3, -0.25) is 0 Å². The Morgan fingerprint density at radius 3 is 2.69 bits per heavy atom. The van der Waals surface area contributed by atoms with Crippen LogP contribution in [-0.4, -0.2) is 21.8 Å². The molecule has 2 N–H and O–H groups in total. The Hall–Kier alpha value is -1.16. The van der Waals surface area contributed by atoms with Crippen molar-refractivity contribution in [2.45, 2.75) is 6.92 Å². The summed E-state index contributed by atoms with van der Waals surface area (Å²) in [5.74, 6) is 0. The highest BCUT2D eigenvalue weighted by atomic mass is 16.4. The Labute approximate surface area is 79.8 Å². The number of hydrogen-bond donors (Lipinski definition) is 2. The lowest BCUT2D eigenvalue weighted by Gasteiger charge is -2.10. The molecule has 0 spiro atoms. The van der Waals surface area contributed by atoms with Gasteiger partial charge in [0.1, 0.15) is 0 Å². The summed E-state index contributed by atoms with van der Waals surface area (Å²) >= 11 is 0. The first-order chi connectivity index (χ1) is 6.27. The summed E-state index contributed by atoms with van der Waals surface area (Å²) in [4.78, 5) is 0. The number of anilines is 2. The van der Waals surface area contributed by atoms with E-state index in [1.165, 1.54) is 5.56 Å². The summed E-state index contributed by atoms with van der Waals surface area (Å²) in [6.07, 6.45) is 0. The molecule has 0 unspecified atom stereocenters. The van der Waals surface area contributed by atoms with E-state index in [1.54, 1.807) is 7.11 Å². The minimum absolute atomic E-state index is 0.526. The van der Waals surface area contributed by atoms with Crippen LogP contribution in [0.4, 0.5) is 11.4 Å². The number of hydrogen-bond acceptors (Lipinski definition) is 3. The molecule has 3 nitrogen and oxygen atoms in total. The Bertz CT molecular complexity index is 278. The summed E-state index contributed by atoms with van der Waals surface area (Å²) in [5, 5.41) is 6.28. The van der Waals surface area contributed by atoms with E-state index in [9.17, 15) is 0 Å². The third-order valence-electron chi connectivity index (χ3n) is 1.85. The molecule has 0 atom stereocenters. The maximum Gasteiger partial charge on any atom is 0.393 e. The molecule has 4 heteroatoms. The molecule has 0 saturated heterocycles. The van der Waals surface area contributed by atoms with Crippen molar-refractivity contribution < 1.29 is 4.65 Å². The predicted octanol–water partition coefficient (Wildman–Crippen LogP) is 1.36. The number of rotatable bonds is 4. The standard InChI is InChI=1S/C9H15BN2O/c1-7-4-5-8(11-2)9(6-7)12-10-13-3/h4-6,10-12H,1-3H3. The van der Waals surface area contributed by atoms with Crippen LogP contribution in [0.2, 0.25) is 0 Å². The van der Waals surface area contributed by atoms with Crippen molar-refractivity contribution in [3.8, 4) is 0 Å². The second-order valence-corrected chi connectivity index (χ2v) is 2.91. The Kier molecular flexibility index (Phi) is 3.64.